The zero-order valence-corrected chi connectivity index (χ0v) is 15.6. The smallest absolute Gasteiger partial charge is 0.137 e. The molecule has 2 aromatic carbocycles. The first-order valence-electron chi connectivity index (χ1n) is 8.71. The van der Waals surface area contributed by atoms with Crippen molar-refractivity contribution < 1.29 is 0 Å². The van der Waals surface area contributed by atoms with Crippen LogP contribution in [0.3, 0.4) is 0 Å². The van der Waals surface area contributed by atoms with Gasteiger partial charge in [0, 0.05) is 35.5 Å². The molecule has 3 aromatic rings. The normalized spacial score (nSPS) is 16.2. The summed E-state index contributed by atoms with van der Waals surface area (Å²) in [6.07, 6.45) is 3.90. The standard InChI is InChI=1S/C20H21BrN4/c21-16-6-7-19-18(12-16)20(23-14-22-19)24-17-8-10-25(11-9-17)13-15-4-2-1-3-5-15/h1-7,12,14,17H,8-11,13H2,(H,22,23,24). The monoisotopic (exact) mass is 396 g/mol. The Labute approximate surface area is 156 Å². The van der Waals surface area contributed by atoms with Crippen LogP contribution in [0.25, 0.3) is 10.9 Å². The Morgan fingerprint density at radius 2 is 1.84 bits per heavy atom. The van der Waals surface area contributed by atoms with Gasteiger partial charge < -0.3 is 5.32 Å². The summed E-state index contributed by atoms with van der Waals surface area (Å²) in [5, 5.41) is 4.71. The van der Waals surface area contributed by atoms with Gasteiger partial charge in [-0.25, -0.2) is 9.97 Å². The number of rotatable bonds is 4. The molecule has 128 valence electrons. The van der Waals surface area contributed by atoms with Crippen LogP contribution in [-0.2, 0) is 6.54 Å². The number of nitrogens with zero attached hydrogens (tertiary/aromatic N) is 3. The van der Waals surface area contributed by atoms with Crippen LogP contribution < -0.4 is 5.32 Å². The number of anilines is 1. The fourth-order valence-corrected chi connectivity index (χ4v) is 3.78. The molecule has 2 heterocycles. The molecule has 0 spiro atoms. The number of hydrogen-bond donors (Lipinski definition) is 1. The van der Waals surface area contributed by atoms with Gasteiger partial charge in [-0.05, 0) is 36.6 Å². The van der Waals surface area contributed by atoms with E-state index in [1.807, 2.05) is 12.1 Å². The lowest BCUT2D eigenvalue weighted by atomic mass is 10.0. The second kappa shape index (κ2) is 7.50. The van der Waals surface area contributed by atoms with Gasteiger partial charge in [0.15, 0.2) is 0 Å². The zero-order chi connectivity index (χ0) is 17.1. The molecule has 1 saturated heterocycles. The Morgan fingerprint density at radius 3 is 2.64 bits per heavy atom. The van der Waals surface area contributed by atoms with E-state index in [0.29, 0.717) is 6.04 Å². The summed E-state index contributed by atoms with van der Waals surface area (Å²) in [4.78, 5) is 11.4. The van der Waals surface area contributed by atoms with E-state index in [1.165, 1.54) is 5.56 Å². The number of benzene rings is 2. The molecule has 4 rings (SSSR count). The van der Waals surface area contributed by atoms with Gasteiger partial charge in [-0.3, -0.25) is 4.90 Å². The third-order valence-corrected chi connectivity index (χ3v) is 5.27. The Hall–Kier alpha value is -1.98. The van der Waals surface area contributed by atoms with Gasteiger partial charge in [-0.15, -0.1) is 0 Å². The molecule has 0 aliphatic carbocycles. The van der Waals surface area contributed by atoms with Crippen LogP contribution in [-0.4, -0.2) is 34.0 Å². The van der Waals surface area contributed by atoms with Gasteiger partial charge in [-0.2, -0.15) is 0 Å². The predicted octanol–water partition coefficient (Wildman–Crippen LogP) is 4.47. The van der Waals surface area contributed by atoms with E-state index in [4.69, 9.17) is 0 Å². The van der Waals surface area contributed by atoms with E-state index < -0.39 is 0 Å². The van der Waals surface area contributed by atoms with Crippen LogP contribution in [0.2, 0.25) is 0 Å². The van der Waals surface area contributed by atoms with Crippen LogP contribution in [0.4, 0.5) is 5.82 Å². The highest BCUT2D eigenvalue weighted by Crippen LogP contribution is 2.25. The highest BCUT2D eigenvalue weighted by molar-refractivity contribution is 9.10. The lowest BCUT2D eigenvalue weighted by molar-refractivity contribution is 0.211. The van der Waals surface area contributed by atoms with Crippen molar-refractivity contribution in [3.8, 4) is 0 Å². The molecule has 0 amide bonds. The molecular formula is C20H21BrN4. The van der Waals surface area contributed by atoms with Crippen molar-refractivity contribution in [2.75, 3.05) is 18.4 Å². The van der Waals surface area contributed by atoms with Gasteiger partial charge in [0.25, 0.3) is 0 Å². The van der Waals surface area contributed by atoms with Crippen molar-refractivity contribution in [1.82, 2.24) is 14.9 Å². The molecule has 1 N–H and O–H groups in total. The van der Waals surface area contributed by atoms with Gasteiger partial charge >= 0.3 is 0 Å². The SMILES string of the molecule is Brc1ccc2ncnc(NC3CCN(Cc4ccccc4)CC3)c2c1. The first-order chi connectivity index (χ1) is 12.3. The van der Waals surface area contributed by atoms with Crippen LogP contribution >= 0.6 is 15.9 Å². The molecule has 4 nitrogen and oxygen atoms in total. The van der Waals surface area contributed by atoms with Crippen molar-refractivity contribution in [2.24, 2.45) is 0 Å². The maximum atomic E-state index is 4.47. The average molecular weight is 397 g/mol. The summed E-state index contributed by atoms with van der Waals surface area (Å²) >= 11 is 3.54. The average Bonchev–Trinajstić information content (AvgIpc) is 2.65. The molecule has 0 atom stereocenters. The second-order valence-electron chi connectivity index (χ2n) is 6.56. The number of halogens is 1. The summed E-state index contributed by atoms with van der Waals surface area (Å²) in [6, 6.07) is 17.3. The third-order valence-electron chi connectivity index (χ3n) is 4.77. The molecule has 0 unspecified atom stereocenters. The predicted molar refractivity (Wildman–Crippen MR) is 106 cm³/mol. The maximum Gasteiger partial charge on any atom is 0.137 e. The number of piperidine rings is 1. The molecule has 0 radical (unpaired) electrons. The number of fused-ring (bicyclic) bond motifs is 1. The summed E-state index contributed by atoms with van der Waals surface area (Å²) < 4.78 is 1.05. The number of nitrogens with one attached hydrogen (secondary N) is 1. The molecule has 25 heavy (non-hydrogen) atoms. The molecule has 0 bridgehead atoms. The summed E-state index contributed by atoms with van der Waals surface area (Å²) in [7, 11) is 0. The van der Waals surface area contributed by atoms with Crippen LogP contribution in [0, 0.1) is 0 Å². The molecule has 0 saturated carbocycles. The van der Waals surface area contributed by atoms with Crippen molar-refractivity contribution in [1.29, 1.82) is 0 Å². The summed E-state index contributed by atoms with van der Waals surface area (Å²) in [5.41, 5.74) is 2.36. The topological polar surface area (TPSA) is 41.1 Å². The van der Waals surface area contributed by atoms with E-state index in [-0.39, 0.29) is 0 Å². The Bertz CT molecular complexity index is 845. The highest BCUT2D eigenvalue weighted by Gasteiger charge is 2.20. The molecular weight excluding hydrogens is 376 g/mol. The Kier molecular flexibility index (Phi) is 4.95. The quantitative estimate of drug-likeness (QED) is 0.706. The molecule has 1 fully saturated rings. The van der Waals surface area contributed by atoms with Gasteiger partial charge in [-0.1, -0.05) is 46.3 Å². The Morgan fingerprint density at radius 1 is 1.04 bits per heavy atom. The van der Waals surface area contributed by atoms with E-state index >= 15 is 0 Å². The van der Waals surface area contributed by atoms with E-state index in [1.54, 1.807) is 6.33 Å². The van der Waals surface area contributed by atoms with Crippen LogP contribution in [0.1, 0.15) is 18.4 Å². The van der Waals surface area contributed by atoms with Crippen molar-refractivity contribution >= 4 is 32.7 Å². The largest absolute Gasteiger partial charge is 0.367 e. The molecule has 5 heteroatoms. The first-order valence-corrected chi connectivity index (χ1v) is 9.50. The van der Waals surface area contributed by atoms with Crippen molar-refractivity contribution in [2.45, 2.75) is 25.4 Å². The van der Waals surface area contributed by atoms with Crippen LogP contribution in [0.5, 0.6) is 0 Å². The fourth-order valence-electron chi connectivity index (χ4n) is 3.41. The van der Waals surface area contributed by atoms with E-state index in [9.17, 15) is 0 Å². The third kappa shape index (κ3) is 3.99. The number of hydrogen-bond acceptors (Lipinski definition) is 4. The first kappa shape index (κ1) is 16.5. The van der Waals surface area contributed by atoms with Crippen molar-refractivity contribution in [3.63, 3.8) is 0 Å². The van der Waals surface area contributed by atoms with E-state index in [0.717, 1.165) is 53.7 Å². The van der Waals surface area contributed by atoms with Gasteiger partial charge in [0.2, 0.25) is 0 Å². The van der Waals surface area contributed by atoms with Gasteiger partial charge in [0.05, 0.1) is 5.52 Å². The molecule has 1 aliphatic rings. The van der Waals surface area contributed by atoms with Crippen LogP contribution in [0.15, 0.2) is 59.3 Å². The minimum atomic E-state index is 0.462. The lowest BCUT2D eigenvalue weighted by Gasteiger charge is -2.32. The fraction of sp³-hybridized carbons (Fsp3) is 0.300. The van der Waals surface area contributed by atoms with Crippen molar-refractivity contribution in [3.05, 3.63) is 64.9 Å². The zero-order valence-electron chi connectivity index (χ0n) is 14.0. The van der Waals surface area contributed by atoms with E-state index in [2.05, 4.69) is 72.5 Å². The molecule has 1 aromatic heterocycles. The Balaban J connectivity index is 1.40. The van der Waals surface area contributed by atoms with Gasteiger partial charge in [0.1, 0.15) is 12.1 Å². The number of aromatic nitrogens is 2. The lowest BCUT2D eigenvalue weighted by Crippen LogP contribution is -2.38. The summed E-state index contributed by atoms with van der Waals surface area (Å²) in [6.45, 7) is 3.26. The highest BCUT2D eigenvalue weighted by atomic mass is 79.9. The number of likely N-dealkylation sites (tertiary alicyclic amines) is 1. The second-order valence-corrected chi connectivity index (χ2v) is 7.48. The maximum absolute atomic E-state index is 4.47. The minimum absolute atomic E-state index is 0.462. The molecule has 1 aliphatic heterocycles. The minimum Gasteiger partial charge on any atom is -0.367 e. The summed E-state index contributed by atoms with van der Waals surface area (Å²) in [5.74, 6) is 0.938.